The molecular weight excluding hydrogens is 285 g/mol. The number of halogens is 2. The summed E-state index contributed by atoms with van der Waals surface area (Å²) in [5.74, 6) is -0.261. The highest BCUT2D eigenvalue weighted by Gasteiger charge is 2.33. The highest BCUT2D eigenvalue weighted by atomic mass is 79.9. The van der Waals surface area contributed by atoms with E-state index in [0.29, 0.717) is 32.5 Å². The third-order valence-corrected chi connectivity index (χ3v) is 4.00. The molecule has 1 fully saturated rings. The smallest absolute Gasteiger partial charge is 0.123 e. The predicted molar refractivity (Wildman–Crippen MR) is 65.9 cm³/mol. The number of rotatable bonds is 2. The Kier molecular flexibility index (Phi) is 3.80. The molecule has 0 unspecified atom stereocenters. The summed E-state index contributed by atoms with van der Waals surface area (Å²) in [5, 5.41) is 9.35. The molecule has 0 aromatic heterocycles. The van der Waals surface area contributed by atoms with Gasteiger partial charge in [0.1, 0.15) is 5.82 Å². The van der Waals surface area contributed by atoms with Crippen LogP contribution in [0.2, 0.25) is 0 Å². The average Bonchev–Trinajstić information content (AvgIpc) is 2.35. The minimum absolute atomic E-state index is 0.261. The lowest BCUT2D eigenvalue weighted by atomic mass is 9.76. The molecule has 0 amide bonds. The summed E-state index contributed by atoms with van der Waals surface area (Å²) >= 11 is 3.40. The van der Waals surface area contributed by atoms with Gasteiger partial charge in [0, 0.05) is 17.7 Å². The molecule has 0 aliphatic carbocycles. The molecule has 0 N–H and O–H groups in total. The van der Waals surface area contributed by atoms with Crippen LogP contribution in [0.1, 0.15) is 18.4 Å². The summed E-state index contributed by atoms with van der Waals surface area (Å²) < 4.78 is 19.3. The molecule has 1 heterocycles. The Labute approximate surface area is 109 Å². The Morgan fingerprint density at radius 3 is 2.76 bits per heavy atom. The molecule has 17 heavy (non-hydrogen) atoms. The van der Waals surface area contributed by atoms with Crippen LogP contribution in [-0.2, 0) is 11.2 Å². The zero-order valence-electron chi connectivity index (χ0n) is 9.38. The molecule has 1 aliphatic rings. The quantitative estimate of drug-likeness (QED) is 0.838. The van der Waals surface area contributed by atoms with Crippen LogP contribution in [0.15, 0.2) is 22.7 Å². The maximum absolute atomic E-state index is 13.2. The van der Waals surface area contributed by atoms with E-state index in [2.05, 4.69) is 22.0 Å². The maximum atomic E-state index is 13.2. The molecule has 1 aromatic rings. The van der Waals surface area contributed by atoms with Gasteiger partial charge >= 0.3 is 0 Å². The molecule has 0 saturated carbocycles. The van der Waals surface area contributed by atoms with E-state index < -0.39 is 5.41 Å². The van der Waals surface area contributed by atoms with Crippen LogP contribution in [0.25, 0.3) is 0 Å². The van der Waals surface area contributed by atoms with Crippen molar-refractivity contribution in [2.45, 2.75) is 19.3 Å². The third kappa shape index (κ3) is 2.85. The third-order valence-electron chi connectivity index (χ3n) is 3.22. The summed E-state index contributed by atoms with van der Waals surface area (Å²) in [6.45, 7) is 1.22. The first-order valence-electron chi connectivity index (χ1n) is 5.58. The van der Waals surface area contributed by atoms with Crippen LogP contribution in [0.4, 0.5) is 4.39 Å². The van der Waals surface area contributed by atoms with Gasteiger partial charge in [-0.1, -0.05) is 15.9 Å². The highest BCUT2D eigenvalue weighted by Crippen LogP contribution is 2.35. The summed E-state index contributed by atoms with van der Waals surface area (Å²) in [7, 11) is 0. The van der Waals surface area contributed by atoms with Crippen LogP contribution in [0, 0.1) is 22.6 Å². The molecule has 0 spiro atoms. The van der Waals surface area contributed by atoms with Gasteiger partial charge in [-0.25, -0.2) is 4.39 Å². The summed E-state index contributed by atoms with van der Waals surface area (Å²) in [4.78, 5) is 0. The minimum Gasteiger partial charge on any atom is -0.381 e. The van der Waals surface area contributed by atoms with Gasteiger partial charge in [0.25, 0.3) is 0 Å². The first kappa shape index (κ1) is 12.5. The van der Waals surface area contributed by atoms with E-state index in [1.807, 2.05) is 0 Å². The van der Waals surface area contributed by atoms with Crippen LogP contribution >= 0.6 is 15.9 Å². The number of hydrogen-bond donors (Lipinski definition) is 0. The summed E-state index contributed by atoms with van der Waals surface area (Å²) in [6, 6.07) is 6.99. The molecule has 90 valence electrons. The van der Waals surface area contributed by atoms with Crippen molar-refractivity contribution in [2.75, 3.05) is 13.2 Å². The van der Waals surface area contributed by atoms with E-state index in [9.17, 15) is 9.65 Å². The zero-order valence-corrected chi connectivity index (χ0v) is 11.0. The average molecular weight is 298 g/mol. The van der Waals surface area contributed by atoms with Crippen molar-refractivity contribution in [1.82, 2.24) is 0 Å². The van der Waals surface area contributed by atoms with Gasteiger partial charge in [-0.05, 0) is 43.0 Å². The van der Waals surface area contributed by atoms with E-state index in [4.69, 9.17) is 4.74 Å². The highest BCUT2D eigenvalue weighted by molar-refractivity contribution is 9.10. The lowest BCUT2D eigenvalue weighted by molar-refractivity contribution is 0.0405. The van der Waals surface area contributed by atoms with Crippen molar-refractivity contribution in [3.05, 3.63) is 34.1 Å². The van der Waals surface area contributed by atoms with E-state index >= 15 is 0 Å². The van der Waals surface area contributed by atoms with E-state index in [-0.39, 0.29) is 5.82 Å². The molecule has 0 radical (unpaired) electrons. The van der Waals surface area contributed by atoms with Crippen molar-refractivity contribution < 1.29 is 9.13 Å². The second-order valence-electron chi connectivity index (χ2n) is 4.42. The van der Waals surface area contributed by atoms with Crippen molar-refractivity contribution in [2.24, 2.45) is 5.41 Å². The minimum atomic E-state index is -0.408. The van der Waals surface area contributed by atoms with Crippen LogP contribution < -0.4 is 0 Å². The molecule has 2 nitrogen and oxygen atoms in total. The zero-order chi connectivity index (χ0) is 12.3. The molecule has 1 saturated heterocycles. The van der Waals surface area contributed by atoms with E-state index in [0.717, 1.165) is 10.0 Å². The molecule has 0 bridgehead atoms. The van der Waals surface area contributed by atoms with Gasteiger partial charge < -0.3 is 4.74 Å². The fraction of sp³-hybridized carbons (Fsp3) is 0.462. The molecule has 4 heteroatoms. The monoisotopic (exact) mass is 297 g/mol. The van der Waals surface area contributed by atoms with Crippen LogP contribution in [0.3, 0.4) is 0 Å². The van der Waals surface area contributed by atoms with Crippen LogP contribution in [-0.4, -0.2) is 13.2 Å². The Morgan fingerprint density at radius 1 is 1.41 bits per heavy atom. The predicted octanol–water partition coefficient (Wildman–Crippen LogP) is 3.45. The first-order chi connectivity index (χ1) is 8.15. The molecule has 0 atom stereocenters. The number of nitriles is 1. The summed E-state index contributed by atoms with van der Waals surface area (Å²) in [5.41, 5.74) is 0.447. The second kappa shape index (κ2) is 5.16. The molecular formula is C13H13BrFNO. The van der Waals surface area contributed by atoms with E-state index in [1.165, 1.54) is 12.1 Å². The van der Waals surface area contributed by atoms with Gasteiger partial charge in [0.05, 0.1) is 11.5 Å². The van der Waals surface area contributed by atoms with Crippen molar-refractivity contribution in [1.29, 1.82) is 5.26 Å². The number of nitrogens with zero attached hydrogens (tertiary/aromatic N) is 1. The molecule has 1 aliphatic heterocycles. The fourth-order valence-corrected chi connectivity index (χ4v) is 2.52. The SMILES string of the molecule is N#CC1(Cc2cc(F)ccc2Br)CCOCC1. The van der Waals surface area contributed by atoms with Crippen molar-refractivity contribution >= 4 is 15.9 Å². The van der Waals surface area contributed by atoms with Crippen molar-refractivity contribution in [3.8, 4) is 6.07 Å². The normalized spacial score (nSPS) is 18.6. The Morgan fingerprint density at radius 2 is 2.12 bits per heavy atom. The number of ether oxygens (including phenoxy) is 1. The van der Waals surface area contributed by atoms with Gasteiger partial charge in [0.15, 0.2) is 0 Å². The van der Waals surface area contributed by atoms with Gasteiger partial charge in [-0.3, -0.25) is 0 Å². The lowest BCUT2D eigenvalue weighted by Gasteiger charge is -2.31. The van der Waals surface area contributed by atoms with Gasteiger partial charge in [-0.15, -0.1) is 0 Å². The topological polar surface area (TPSA) is 33.0 Å². The second-order valence-corrected chi connectivity index (χ2v) is 5.27. The van der Waals surface area contributed by atoms with Crippen LogP contribution in [0.5, 0.6) is 0 Å². The van der Waals surface area contributed by atoms with Gasteiger partial charge in [-0.2, -0.15) is 5.26 Å². The Bertz CT molecular complexity index is 449. The first-order valence-corrected chi connectivity index (χ1v) is 6.37. The number of hydrogen-bond acceptors (Lipinski definition) is 2. The fourth-order valence-electron chi connectivity index (χ4n) is 2.13. The Hall–Kier alpha value is -0.920. The maximum Gasteiger partial charge on any atom is 0.123 e. The molecule has 1 aromatic carbocycles. The Balaban J connectivity index is 2.23. The molecule has 2 rings (SSSR count). The largest absolute Gasteiger partial charge is 0.381 e. The lowest BCUT2D eigenvalue weighted by Crippen LogP contribution is -2.30. The summed E-state index contributed by atoms with van der Waals surface area (Å²) in [6.07, 6.45) is 2.00. The van der Waals surface area contributed by atoms with E-state index in [1.54, 1.807) is 6.07 Å². The number of benzene rings is 1. The van der Waals surface area contributed by atoms with Gasteiger partial charge in [0.2, 0.25) is 0 Å². The standard InChI is InChI=1S/C13H13BrFNO/c14-12-2-1-11(15)7-10(12)8-13(9-16)3-5-17-6-4-13/h1-2,7H,3-6,8H2. The van der Waals surface area contributed by atoms with Crippen molar-refractivity contribution in [3.63, 3.8) is 0 Å².